The first kappa shape index (κ1) is 10.7. The first-order valence-electron chi connectivity index (χ1n) is 3.96. The minimum Gasteiger partial charge on any atom is -0.365 e. The molecule has 0 atom stereocenters. The fourth-order valence-corrected chi connectivity index (χ4v) is 1.17. The molecule has 6 nitrogen and oxygen atoms in total. The molecule has 0 aliphatic carbocycles. The summed E-state index contributed by atoms with van der Waals surface area (Å²) >= 11 is 0. The van der Waals surface area contributed by atoms with Crippen molar-refractivity contribution < 1.29 is 9.72 Å². The number of rotatable bonds is 2. The van der Waals surface area contributed by atoms with E-state index in [0.717, 1.165) is 6.07 Å². The zero-order valence-electron chi connectivity index (χ0n) is 7.85. The number of nitro groups is 1. The topological polar surface area (TPSA) is 110 Å². The van der Waals surface area contributed by atoms with Crippen molar-refractivity contribution in [2.45, 2.75) is 6.92 Å². The Kier molecular flexibility index (Phi) is 2.67. The molecule has 1 amide bonds. The molecule has 0 bridgehead atoms. The lowest BCUT2D eigenvalue weighted by atomic mass is 10.0. The number of aryl methyl sites for hydroxylation is 1. The average Bonchev–Trinajstić information content (AvgIpc) is 2.16. The van der Waals surface area contributed by atoms with Crippen LogP contribution < -0.4 is 5.73 Å². The van der Waals surface area contributed by atoms with Crippen molar-refractivity contribution >= 4 is 11.6 Å². The monoisotopic (exact) mass is 205 g/mol. The Morgan fingerprint density at radius 2 is 2.20 bits per heavy atom. The number of benzene rings is 1. The SMILES string of the molecule is Cc1cc(C(N)=O)c([N+](=O)[O-])cc1C#N. The Hall–Kier alpha value is -2.42. The molecule has 0 spiro atoms. The van der Waals surface area contributed by atoms with Crippen molar-refractivity contribution in [2.24, 2.45) is 5.73 Å². The predicted octanol–water partition coefficient (Wildman–Crippen LogP) is 0.874. The lowest BCUT2D eigenvalue weighted by Crippen LogP contribution is -2.14. The van der Waals surface area contributed by atoms with Crippen LogP contribution in [0.1, 0.15) is 21.5 Å². The van der Waals surface area contributed by atoms with Crippen LogP contribution in [0.25, 0.3) is 0 Å². The summed E-state index contributed by atoms with van der Waals surface area (Å²) in [5.74, 6) is -0.880. The molecule has 1 aromatic carbocycles. The van der Waals surface area contributed by atoms with E-state index >= 15 is 0 Å². The van der Waals surface area contributed by atoms with Crippen LogP contribution in [0.3, 0.4) is 0 Å². The summed E-state index contributed by atoms with van der Waals surface area (Å²) in [7, 11) is 0. The maximum absolute atomic E-state index is 10.9. The molecule has 2 N–H and O–H groups in total. The molecule has 0 aromatic heterocycles. The maximum atomic E-state index is 10.9. The highest BCUT2D eigenvalue weighted by molar-refractivity contribution is 5.97. The molecule has 0 radical (unpaired) electrons. The molecule has 0 heterocycles. The van der Waals surface area contributed by atoms with Crippen LogP contribution in [0.4, 0.5) is 5.69 Å². The number of primary amides is 1. The number of nitrogens with two attached hydrogens (primary N) is 1. The summed E-state index contributed by atoms with van der Waals surface area (Å²) in [6, 6.07) is 4.10. The second-order valence-corrected chi connectivity index (χ2v) is 2.92. The van der Waals surface area contributed by atoms with E-state index < -0.39 is 16.5 Å². The van der Waals surface area contributed by atoms with Crippen molar-refractivity contribution in [2.75, 3.05) is 0 Å². The van der Waals surface area contributed by atoms with Gasteiger partial charge in [0.25, 0.3) is 11.6 Å². The molecule has 0 aliphatic rings. The van der Waals surface area contributed by atoms with Crippen molar-refractivity contribution in [3.05, 3.63) is 38.9 Å². The van der Waals surface area contributed by atoms with Gasteiger partial charge in [0.2, 0.25) is 0 Å². The van der Waals surface area contributed by atoms with Crippen molar-refractivity contribution in [1.82, 2.24) is 0 Å². The number of nitro benzene ring substituents is 1. The molecular weight excluding hydrogens is 198 g/mol. The fourth-order valence-electron chi connectivity index (χ4n) is 1.17. The first-order chi connectivity index (χ1) is 6.97. The summed E-state index contributed by atoms with van der Waals surface area (Å²) in [5, 5.41) is 19.3. The molecule has 0 saturated heterocycles. The van der Waals surface area contributed by atoms with Crippen LogP contribution in [-0.4, -0.2) is 10.8 Å². The highest BCUT2D eigenvalue weighted by Gasteiger charge is 2.20. The Morgan fingerprint density at radius 1 is 1.60 bits per heavy atom. The van der Waals surface area contributed by atoms with E-state index in [1.165, 1.54) is 6.07 Å². The van der Waals surface area contributed by atoms with Gasteiger partial charge in [0.15, 0.2) is 0 Å². The maximum Gasteiger partial charge on any atom is 0.283 e. The van der Waals surface area contributed by atoms with Gasteiger partial charge < -0.3 is 5.73 Å². The Balaban J connectivity index is 3.54. The van der Waals surface area contributed by atoms with Crippen LogP contribution in [0.15, 0.2) is 12.1 Å². The lowest BCUT2D eigenvalue weighted by Gasteiger charge is -2.01. The summed E-state index contributed by atoms with van der Waals surface area (Å²) in [4.78, 5) is 20.8. The second kappa shape index (κ2) is 3.75. The van der Waals surface area contributed by atoms with Gasteiger partial charge in [-0.05, 0) is 18.6 Å². The third-order valence-electron chi connectivity index (χ3n) is 1.93. The molecule has 6 heteroatoms. The number of hydrogen-bond acceptors (Lipinski definition) is 4. The number of nitriles is 1. The van der Waals surface area contributed by atoms with Crippen LogP contribution in [0.2, 0.25) is 0 Å². The summed E-state index contributed by atoms with van der Waals surface area (Å²) in [6.45, 7) is 1.58. The van der Waals surface area contributed by atoms with E-state index in [9.17, 15) is 14.9 Å². The van der Waals surface area contributed by atoms with Crippen LogP contribution >= 0.6 is 0 Å². The minimum atomic E-state index is -0.880. The summed E-state index contributed by atoms with van der Waals surface area (Å²) < 4.78 is 0. The number of carbonyl (C=O) groups excluding carboxylic acids is 1. The summed E-state index contributed by atoms with van der Waals surface area (Å²) in [5.41, 5.74) is 5.00. The normalized spacial score (nSPS) is 9.33. The smallest absolute Gasteiger partial charge is 0.283 e. The molecule has 76 valence electrons. The van der Waals surface area contributed by atoms with Crippen LogP contribution in [0, 0.1) is 28.4 Å². The van der Waals surface area contributed by atoms with E-state index in [1.807, 2.05) is 0 Å². The standard InChI is InChI=1S/C9H7N3O3/c1-5-2-7(9(11)13)8(12(14)15)3-6(5)4-10/h2-3H,1H3,(H2,11,13). The lowest BCUT2D eigenvalue weighted by molar-refractivity contribution is -0.385. The number of carbonyl (C=O) groups is 1. The molecule has 1 aromatic rings. The van der Waals surface area contributed by atoms with Crippen LogP contribution in [-0.2, 0) is 0 Å². The Labute approximate surface area is 85.1 Å². The average molecular weight is 205 g/mol. The largest absolute Gasteiger partial charge is 0.365 e. The van der Waals surface area contributed by atoms with Gasteiger partial charge in [-0.15, -0.1) is 0 Å². The van der Waals surface area contributed by atoms with E-state index in [2.05, 4.69) is 0 Å². The molecule has 0 aliphatic heterocycles. The highest BCUT2D eigenvalue weighted by atomic mass is 16.6. The van der Waals surface area contributed by atoms with Gasteiger partial charge in [-0.3, -0.25) is 14.9 Å². The molecule has 0 fully saturated rings. The fraction of sp³-hybridized carbons (Fsp3) is 0.111. The van der Waals surface area contributed by atoms with Gasteiger partial charge in [0.1, 0.15) is 5.56 Å². The van der Waals surface area contributed by atoms with Gasteiger partial charge in [-0.25, -0.2) is 0 Å². The Morgan fingerprint density at radius 3 is 2.60 bits per heavy atom. The van der Waals surface area contributed by atoms with E-state index in [1.54, 1.807) is 13.0 Å². The number of hydrogen-bond donors (Lipinski definition) is 1. The van der Waals surface area contributed by atoms with Gasteiger partial charge in [-0.1, -0.05) is 0 Å². The van der Waals surface area contributed by atoms with E-state index in [-0.39, 0.29) is 11.1 Å². The van der Waals surface area contributed by atoms with E-state index in [0.29, 0.717) is 5.56 Å². The molecule has 15 heavy (non-hydrogen) atoms. The molecule has 0 saturated carbocycles. The third-order valence-corrected chi connectivity index (χ3v) is 1.93. The number of nitrogens with zero attached hydrogens (tertiary/aromatic N) is 2. The van der Waals surface area contributed by atoms with Gasteiger partial charge in [0, 0.05) is 6.07 Å². The van der Waals surface area contributed by atoms with Gasteiger partial charge >= 0.3 is 0 Å². The Bertz CT molecular complexity index is 488. The second-order valence-electron chi connectivity index (χ2n) is 2.92. The van der Waals surface area contributed by atoms with Crippen molar-refractivity contribution in [3.8, 4) is 6.07 Å². The van der Waals surface area contributed by atoms with Gasteiger partial charge in [0.05, 0.1) is 16.6 Å². The predicted molar refractivity (Wildman–Crippen MR) is 51.1 cm³/mol. The molecular formula is C9H7N3O3. The third kappa shape index (κ3) is 1.91. The molecule has 1 rings (SSSR count). The van der Waals surface area contributed by atoms with Crippen molar-refractivity contribution in [1.29, 1.82) is 5.26 Å². The number of amides is 1. The zero-order chi connectivity index (χ0) is 11.6. The van der Waals surface area contributed by atoms with Crippen molar-refractivity contribution in [3.63, 3.8) is 0 Å². The van der Waals surface area contributed by atoms with Crippen LogP contribution in [0.5, 0.6) is 0 Å². The first-order valence-corrected chi connectivity index (χ1v) is 3.96. The zero-order valence-corrected chi connectivity index (χ0v) is 7.85. The van der Waals surface area contributed by atoms with Gasteiger partial charge in [-0.2, -0.15) is 5.26 Å². The molecule has 0 unspecified atom stereocenters. The highest BCUT2D eigenvalue weighted by Crippen LogP contribution is 2.22. The minimum absolute atomic E-state index is 0.159. The summed E-state index contributed by atoms with van der Waals surface area (Å²) in [6.07, 6.45) is 0. The van der Waals surface area contributed by atoms with E-state index in [4.69, 9.17) is 11.0 Å². The quantitative estimate of drug-likeness (QED) is 0.570.